The lowest BCUT2D eigenvalue weighted by atomic mass is 9.47. The Labute approximate surface area is 207 Å². The summed E-state index contributed by atoms with van der Waals surface area (Å²) in [5, 5.41) is 13.6. The molecule has 8 atom stereocenters. The normalized spacial score (nSPS) is 41.7. The van der Waals surface area contributed by atoms with Gasteiger partial charge in [0.05, 0.1) is 11.7 Å². The van der Waals surface area contributed by atoms with Gasteiger partial charge in [0.15, 0.2) is 0 Å². The van der Waals surface area contributed by atoms with Crippen molar-refractivity contribution in [3.63, 3.8) is 0 Å². The third-order valence-electron chi connectivity index (χ3n) is 10.2. The van der Waals surface area contributed by atoms with Gasteiger partial charge < -0.3 is 10.4 Å². The lowest BCUT2D eigenvalue weighted by Gasteiger charge is -2.58. The van der Waals surface area contributed by atoms with Crippen LogP contribution in [0.1, 0.15) is 82.5 Å². The number of nitrogens with one attached hydrogen (secondary N) is 1. The topological polar surface area (TPSA) is 49.3 Å². The zero-order chi connectivity index (χ0) is 22.7. The third kappa shape index (κ3) is 3.59. The van der Waals surface area contributed by atoms with Crippen molar-refractivity contribution in [2.45, 2.75) is 84.3 Å². The van der Waals surface area contributed by atoms with E-state index in [4.69, 9.17) is 0 Å². The average molecular weight is 548 g/mol. The summed E-state index contributed by atoms with van der Waals surface area (Å²) in [6.45, 7) is 7.27. The molecule has 4 aliphatic rings. The van der Waals surface area contributed by atoms with Gasteiger partial charge in [0.25, 0.3) is 5.91 Å². The highest BCUT2D eigenvalue weighted by Gasteiger charge is 2.59. The van der Waals surface area contributed by atoms with Crippen LogP contribution in [0.3, 0.4) is 0 Å². The summed E-state index contributed by atoms with van der Waals surface area (Å²) in [6.07, 6.45) is 11.7. The molecule has 4 heteroatoms. The summed E-state index contributed by atoms with van der Waals surface area (Å²) in [7, 11) is 0. The molecule has 0 saturated heterocycles. The first-order chi connectivity index (χ1) is 15.2. The zero-order valence-corrected chi connectivity index (χ0v) is 21.9. The number of fused-ring (bicyclic) bond motifs is 5. The fourth-order valence-electron chi connectivity index (χ4n) is 8.53. The lowest BCUT2D eigenvalue weighted by molar-refractivity contribution is -0.0532. The maximum absolute atomic E-state index is 13.0. The first kappa shape index (κ1) is 22.9. The Bertz CT molecular complexity index is 928. The van der Waals surface area contributed by atoms with Crippen LogP contribution in [0.15, 0.2) is 35.9 Å². The van der Waals surface area contributed by atoms with Crippen molar-refractivity contribution in [2.24, 2.45) is 34.5 Å². The van der Waals surface area contributed by atoms with Gasteiger partial charge in [-0.1, -0.05) is 37.6 Å². The van der Waals surface area contributed by atoms with Gasteiger partial charge in [0.1, 0.15) is 0 Å². The predicted octanol–water partition coefficient (Wildman–Crippen LogP) is 6.35. The van der Waals surface area contributed by atoms with Crippen LogP contribution in [0.4, 0.5) is 0 Å². The molecule has 0 heterocycles. The number of amides is 1. The SMILES string of the molecule is C[C@H](NC(=O)c1ccccc1I)C1CCC2C3CC=C4CC(O)CCC4(C)C3CCC21C. The van der Waals surface area contributed by atoms with Crippen molar-refractivity contribution in [2.75, 3.05) is 0 Å². The number of halogens is 1. The maximum Gasteiger partial charge on any atom is 0.252 e. The average Bonchev–Trinajstić information content (AvgIpc) is 3.12. The summed E-state index contributed by atoms with van der Waals surface area (Å²) in [6, 6.07) is 8.07. The molecule has 4 aliphatic carbocycles. The Kier molecular flexibility index (Phi) is 6.01. The minimum absolute atomic E-state index is 0.0711. The monoisotopic (exact) mass is 547 g/mol. The van der Waals surface area contributed by atoms with Crippen LogP contribution < -0.4 is 5.32 Å². The number of rotatable bonds is 3. The van der Waals surface area contributed by atoms with E-state index in [9.17, 15) is 9.90 Å². The molecule has 2 N–H and O–H groups in total. The Morgan fingerprint density at radius 1 is 1.12 bits per heavy atom. The van der Waals surface area contributed by atoms with Gasteiger partial charge in [-0.25, -0.2) is 0 Å². The molecule has 7 unspecified atom stereocenters. The second-order valence-electron chi connectivity index (χ2n) is 11.6. The van der Waals surface area contributed by atoms with Crippen molar-refractivity contribution in [1.82, 2.24) is 5.32 Å². The highest BCUT2D eigenvalue weighted by molar-refractivity contribution is 14.1. The summed E-state index contributed by atoms with van der Waals surface area (Å²) in [5.74, 6) is 2.90. The van der Waals surface area contributed by atoms with Gasteiger partial charge in [0.2, 0.25) is 0 Å². The quantitative estimate of drug-likeness (QED) is 0.342. The van der Waals surface area contributed by atoms with E-state index in [0.717, 1.165) is 46.1 Å². The molecule has 1 aromatic rings. The molecule has 32 heavy (non-hydrogen) atoms. The lowest BCUT2D eigenvalue weighted by Crippen LogP contribution is -2.52. The van der Waals surface area contributed by atoms with Crippen LogP contribution in [-0.4, -0.2) is 23.2 Å². The highest BCUT2D eigenvalue weighted by Crippen LogP contribution is 2.66. The molecule has 5 rings (SSSR count). The van der Waals surface area contributed by atoms with Gasteiger partial charge in [0, 0.05) is 9.61 Å². The number of aliphatic hydroxyl groups is 1. The third-order valence-corrected chi connectivity index (χ3v) is 11.2. The molecule has 3 saturated carbocycles. The standard InChI is InChI=1S/C28H38INO2/c1-17(30-26(32)21-6-4-5-7-25(21)29)22-10-11-23-20-9-8-18-16-19(31)12-14-27(18,2)24(20)13-15-28(22,23)3/h4-8,17,19-20,22-24,31H,9-16H2,1-3H3,(H,30,32)/t17-,19?,20?,22?,23?,24?,27?,28?/m0/s1. The van der Waals surface area contributed by atoms with E-state index < -0.39 is 0 Å². The summed E-state index contributed by atoms with van der Waals surface area (Å²) < 4.78 is 1.02. The van der Waals surface area contributed by atoms with E-state index in [-0.39, 0.29) is 18.1 Å². The van der Waals surface area contributed by atoms with Crippen molar-refractivity contribution >= 4 is 28.5 Å². The van der Waals surface area contributed by atoms with E-state index in [2.05, 4.69) is 54.8 Å². The molecule has 3 fully saturated rings. The van der Waals surface area contributed by atoms with Crippen LogP contribution in [0.5, 0.6) is 0 Å². The number of carbonyl (C=O) groups excluding carboxylic acids is 1. The molecule has 0 radical (unpaired) electrons. The predicted molar refractivity (Wildman–Crippen MR) is 137 cm³/mol. The fourth-order valence-corrected chi connectivity index (χ4v) is 9.17. The molecule has 3 nitrogen and oxygen atoms in total. The molecule has 0 aromatic heterocycles. The largest absolute Gasteiger partial charge is 0.393 e. The Hall–Kier alpha value is -0.880. The number of allylic oxidation sites excluding steroid dienone is 1. The Morgan fingerprint density at radius 3 is 2.69 bits per heavy atom. The first-order valence-corrected chi connectivity index (χ1v) is 13.7. The fraction of sp³-hybridized carbons (Fsp3) is 0.679. The van der Waals surface area contributed by atoms with Crippen LogP contribution in [-0.2, 0) is 0 Å². The van der Waals surface area contributed by atoms with E-state index in [0.29, 0.717) is 16.7 Å². The van der Waals surface area contributed by atoms with Crippen molar-refractivity contribution in [1.29, 1.82) is 0 Å². The van der Waals surface area contributed by atoms with E-state index in [1.54, 1.807) is 5.57 Å². The number of hydrogen-bond donors (Lipinski definition) is 2. The Balaban J connectivity index is 1.34. The van der Waals surface area contributed by atoms with Gasteiger partial charge in [-0.2, -0.15) is 0 Å². The molecular formula is C28H38INO2. The molecule has 0 bridgehead atoms. The molecule has 0 spiro atoms. The van der Waals surface area contributed by atoms with Gasteiger partial charge >= 0.3 is 0 Å². The molecule has 0 aliphatic heterocycles. The second-order valence-corrected chi connectivity index (χ2v) is 12.8. The Morgan fingerprint density at radius 2 is 1.91 bits per heavy atom. The van der Waals surface area contributed by atoms with Crippen LogP contribution in [0.2, 0.25) is 0 Å². The summed E-state index contributed by atoms with van der Waals surface area (Å²) in [4.78, 5) is 13.0. The van der Waals surface area contributed by atoms with E-state index >= 15 is 0 Å². The minimum atomic E-state index is -0.132. The second kappa shape index (κ2) is 8.41. The van der Waals surface area contributed by atoms with Gasteiger partial charge in [-0.3, -0.25) is 4.79 Å². The molecule has 1 amide bonds. The van der Waals surface area contributed by atoms with Gasteiger partial charge in [-0.05, 0) is 128 Å². The summed E-state index contributed by atoms with van der Waals surface area (Å²) >= 11 is 2.26. The number of carbonyl (C=O) groups is 1. The van der Waals surface area contributed by atoms with E-state index in [1.165, 1.54) is 32.1 Å². The van der Waals surface area contributed by atoms with Crippen molar-refractivity contribution in [3.8, 4) is 0 Å². The van der Waals surface area contributed by atoms with Crippen LogP contribution in [0, 0.1) is 38.1 Å². The van der Waals surface area contributed by atoms with E-state index in [1.807, 2.05) is 24.3 Å². The summed E-state index contributed by atoms with van der Waals surface area (Å²) in [5.41, 5.74) is 2.95. The van der Waals surface area contributed by atoms with Crippen LogP contribution in [0.25, 0.3) is 0 Å². The van der Waals surface area contributed by atoms with Crippen LogP contribution >= 0.6 is 22.6 Å². The molecule has 1 aromatic carbocycles. The smallest absolute Gasteiger partial charge is 0.252 e. The first-order valence-electron chi connectivity index (χ1n) is 12.7. The van der Waals surface area contributed by atoms with Crippen molar-refractivity contribution < 1.29 is 9.90 Å². The number of benzene rings is 1. The minimum Gasteiger partial charge on any atom is -0.393 e. The maximum atomic E-state index is 13.0. The number of hydrogen-bond acceptors (Lipinski definition) is 2. The molecular weight excluding hydrogens is 509 g/mol. The molecule has 174 valence electrons. The zero-order valence-electron chi connectivity index (χ0n) is 19.7. The number of aliphatic hydroxyl groups excluding tert-OH is 1. The highest BCUT2D eigenvalue weighted by atomic mass is 127. The van der Waals surface area contributed by atoms with Gasteiger partial charge in [-0.15, -0.1) is 0 Å². The van der Waals surface area contributed by atoms with Crippen molar-refractivity contribution in [3.05, 3.63) is 45.0 Å².